The quantitative estimate of drug-likeness (QED) is 0.844. The van der Waals surface area contributed by atoms with Crippen LogP contribution in [0.3, 0.4) is 0 Å². The minimum atomic E-state index is 0.0522. The third-order valence-corrected chi connectivity index (χ3v) is 7.15. The van der Waals surface area contributed by atoms with Crippen LogP contribution in [0.4, 0.5) is 10.5 Å². The molecule has 5 heteroatoms. The lowest BCUT2D eigenvalue weighted by molar-refractivity contribution is 0.114. The topological polar surface area (TPSA) is 38.8 Å². The van der Waals surface area contributed by atoms with Crippen LogP contribution < -0.4 is 5.32 Å². The first-order chi connectivity index (χ1) is 14.7. The lowest BCUT2D eigenvalue weighted by atomic mass is 10.0. The van der Waals surface area contributed by atoms with Crippen LogP contribution in [0.1, 0.15) is 18.4 Å². The van der Waals surface area contributed by atoms with E-state index in [1.165, 1.54) is 31.5 Å². The van der Waals surface area contributed by atoms with E-state index in [2.05, 4.69) is 45.4 Å². The highest BCUT2D eigenvalue weighted by Gasteiger charge is 2.43. The van der Waals surface area contributed by atoms with Gasteiger partial charge < -0.3 is 10.2 Å². The summed E-state index contributed by atoms with van der Waals surface area (Å²) >= 11 is 0. The van der Waals surface area contributed by atoms with Crippen LogP contribution in [0.15, 0.2) is 60.7 Å². The molecule has 30 heavy (non-hydrogen) atoms. The summed E-state index contributed by atoms with van der Waals surface area (Å²) in [5, 5.41) is 3.04. The molecule has 3 heterocycles. The Labute approximate surface area is 179 Å². The zero-order valence-corrected chi connectivity index (χ0v) is 17.6. The van der Waals surface area contributed by atoms with Gasteiger partial charge in [0.15, 0.2) is 0 Å². The van der Waals surface area contributed by atoms with E-state index in [4.69, 9.17) is 0 Å². The smallest absolute Gasteiger partial charge is 0.321 e. The average molecular weight is 405 g/mol. The Morgan fingerprint density at radius 1 is 0.833 bits per heavy atom. The maximum absolute atomic E-state index is 12.6. The van der Waals surface area contributed by atoms with Crippen molar-refractivity contribution in [3.05, 3.63) is 66.2 Å². The van der Waals surface area contributed by atoms with E-state index < -0.39 is 0 Å². The number of piperidine rings is 1. The summed E-state index contributed by atoms with van der Waals surface area (Å²) in [5.41, 5.74) is 2.30. The third kappa shape index (κ3) is 4.37. The lowest BCUT2D eigenvalue weighted by Crippen LogP contribution is -2.45. The van der Waals surface area contributed by atoms with E-state index in [1.54, 1.807) is 0 Å². The summed E-state index contributed by atoms with van der Waals surface area (Å²) in [4.78, 5) is 19.9. The minimum absolute atomic E-state index is 0.0522. The number of carbonyl (C=O) groups is 1. The number of hydrogen-bond acceptors (Lipinski definition) is 3. The van der Waals surface area contributed by atoms with Crippen LogP contribution >= 0.6 is 0 Å². The van der Waals surface area contributed by atoms with Crippen LogP contribution in [0.5, 0.6) is 0 Å². The lowest BCUT2D eigenvalue weighted by Gasteiger charge is -2.37. The third-order valence-electron chi connectivity index (χ3n) is 7.15. The number of nitrogens with one attached hydrogen (secondary N) is 1. The van der Waals surface area contributed by atoms with Crippen LogP contribution in [0.25, 0.3) is 0 Å². The molecule has 0 radical (unpaired) electrons. The summed E-state index contributed by atoms with van der Waals surface area (Å²) in [6.45, 7) is 7.56. The van der Waals surface area contributed by atoms with Gasteiger partial charge in [-0.1, -0.05) is 48.5 Å². The molecule has 2 amide bonds. The van der Waals surface area contributed by atoms with Gasteiger partial charge in [-0.05, 0) is 55.5 Å². The van der Waals surface area contributed by atoms with E-state index in [1.807, 2.05) is 35.2 Å². The second-order valence-electron chi connectivity index (χ2n) is 9.17. The largest absolute Gasteiger partial charge is 0.324 e. The molecular formula is C25H32N4O. The Morgan fingerprint density at radius 3 is 2.07 bits per heavy atom. The Hall–Kier alpha value is -2.37. The van der Waals surface area contributed by atoms with Gasteiger partial charge in [0.2, 0.25) is 0 Å². The summed E-state index contributed by atoms with van der Waals surface area (Å²) in [7, 11) is 0. The standard InChI is InChI=1S/C25H32N4O/c30-25(26-23-9-5-2-6-10-23)29-18-21-16-28(17-22(21)19-29)24-11-13-27(14-12-24)15-20-7-3-1-4-8-20/h1-10,21-22,24H,11-19H2,(H,26,30)/t21-,22+. The van der Waals surface area contributed by atoms with Gasteiger partial charge in [0, 0.05) is 44.5 Å². The van der Waals surface area contributed by atoms with Crippen molar-refractivity contribution in [3.8, 4) is 0 Å². The van der Waals surface area contributed by atoms with Crippen molar-refractivity contribution in [2.45, 2.75) is 25.4 Å². The molecule has 3 fully saturated rings. The molecule has 0 aliphatic carbocycles. The second-order valence-corrected chi connectivity index (χ2v) is 9.17. The molecule has 3 aliphatic rings. The minimum Gasteiger partial charge on any atom is -0.324 e. The fraction of sp³-hybridized carbons (Fsp3) is 0.480. The highest BCUT2D eigenvalue weighted by molar-refractivity contribution is 5.89. The molecule has 0 aromatic heterocycles. The fourth-order valence-corrected chi connectivity index (χ4v) is 5.50. The Balaban J connectivity index is 1.08. The molecule has 158 valence electrons. The van der Waals surface area contributed by atoms with Gasteiger partial charge in [0.05, 0.1) is 0 Å². The van der Waals surface area contributed by atoms with Crippen LogP contribution in [-0.2, 0) is 6.54 Å². The SMILES string of the molecule is O=C(Nc1ccccc1)N1C[C@@H]2CN(C3CCN(Cc4ccccc4)CC3)C[C@@H]2C1. The van der Waals surface area contributed by atoms with Crippen molar-refractivity contribution >= 4 is 11.7 Å². The molecule has 3 saturated heterocycles. The molecule has 1 N–H and O–H groups in total. The highest BCUT2D eigenvalue weighted by Crippen LogP contribution is 2.34. The van der Waals surface area contributed by atoms with E-state index >= 15 is 0 Å². The van der Waals surface area contributed by atoms with E-state index in [9.17, 15) is 4.79 Å². The summed E-state index contributed by atoms with van der Waals surface area (Å²) < 4.78 is 0. The predicted octanol–water partition coefficient (Wildman–Crippen LogP) is 3.75. The number of rotatable bonds is 4. The van der Waals surface area contributed by atoms with Gasteiger partial charge in [0.1, 0.15) is 0 Å². The summed E-state index contributed by atoms with van der Waals surface area (Å²) in [5.74, 6) is 1.27. The Bertz CT molecular complexity index is 821. The molecule has 5 nitrogen and oxygen atoms in total. The number of fused-ring (bicyclic) bond motifs is 1. The number of anilines is 1. The maximum Gasteiger partial charge on any atom is 0.321 e. The zero-order chi connectivity index (χ0) is 20.3. The number of carbonyl (C=O) groups excluding carboxylic acids is 1. The second kappa shape index (κ2) is 8.78. The van der Waals surface area contributed by atoms with Crippen LogP contribution in [0.2, 0.25) is 0 Å². The highest BCUT2D eigenvalue weighted by atomic mass is 16.2. The zero-order valence-electron chi connectivity index (χ0n) is 17.6. The van der Waals surface area contributed by atoms with Gasteiger partial charge in [-0.2, -0.15) is 0 Å². The molecule has 0 spiro atoms. The molecule has 2 aromatic rings. The number of para-hydroxylation sites is 1. The van der Waals surface area contributed by atoms with Crippen LogP contribution in [-0.4, -0.2) is 66.0 Å². The average Bonchev–Trinajstić information content (AvgIpc) is 3.35. The van der Waals surface area contributed by atoms with Crippen molar-refractivity contribution in [2.75, 3.05) is 44.6 Å². The van der Waals surface area contributed by atoms with Gasteiger partial charge in [0.25, 0.3) is 0 Å². The molecule has 3 aliphatic heterocycles. The van der Waals surface area contributed by atoms with Gasteiger partial charge in [-0.25, -0.2) is 4.79 Å². The molecule has 2 atom stereocenters. The van der Waals surface area contributed by atoms with Crippen molar-refractivity contribution < 1.29 is 4.79 Å². The van der Waals surface area contributed by atoms with Crippen molar-refractivity contribution in [1.29, 1.82) is 0 Å². The number of benzene rings is 2. The molecule has 0 saturated carbocycles. The molecule has 0 bridgehead atoms. The Morgan fingerprint density at radius 2 is 1.43 bits per heavy atom. The molecule has 0 unspecified atom stereocenters. The van der Waals surface area contributed by atoms with Crippen LogP contribution in [0, 0.1) is 11.8 Å². The first-order valence-corrected chi connectivity index (χ1v) is 11.4. The van der Waals surface area contributed by atoms with Crippen molar-refractivity contribution in [3.63, 3.8) is 0 Å². The number of hydrogen-bond donors (Lipinski definition) is 1. The van der Waals surface area contributed by atoms with E-state index in [0.717, 1.165) is 38.4 Å². The van der Waals surface area contributed by atoms with Gasteiger partial charge >= 0.3 is 6.03 Å². The Kier molecular flexibility index (Phi) is 5.73. The first kappa shape index (κ1) is 19.6. The summed E-state index contributed by atoms with van der Waals surface area (Å²) in [6, 6.07) is 21.4. The number of nitrogens with zero attached hydrogens (tertiary/aromatic N) is 3. The summed E-state index contributed by atoms with van der Waals surface area (Å²) in [6.07, 6.45) is 2.54. The predicted molar refractivity (Wildman–Crippen MR) is 120 cm³/mol. The molecular weight excluding hydrogens is 372 g/mol. The van der Waals surface area contributed by atoms with E-state index in [-0.39, 0.29) is 6.03 Å². The number of amides is 2. The maximum atomic E-state index is 12.6. The first-order valence-electron chi connectivity index (χ1n) is 11.4. The normalized spacial score (nSPS) is 25.4. The van der Waals surface area contributed by atoms with Crippen molar-refractivity contribution in [1.82, 2.24) is 14.7 Å². The molecule has 2 aromatic carbocycles. The van der Waals surface area contributed by atoms with Gasteiger partial charge in [-0.3, -0.25) is 9.80 Å². The van der Waals surface area contributed by atoms with Gasteiger partial charge in [-0.15, -0.1) is 0 Å². The van der Waals surface area contributed by atoms with Crippen molar-refractivity contribution in [2.24, 2.45) is 11.8 Å². The fourth-order valence-electron chi connectivity index (χ4n) is 5.50. The molecule has 5 rings (SSSR count). The monoisotopic (exact) mass is 404 g/mol. The van der Waals surface area contributed by atoms with E-state index in [0.29, 0.717) is 17.9 Å². The number of urea groups is 1. The number of likely N-dealkylation sites (tertiary alicyclic amines) is 3.